The second kappa shape index (κ2) is 3.61. The van der Waals surface area contributed by atoms with E-state index in [0.717, 1.165) is 11.3 Å². The fraction of sp³-hybridized carbons (Fsp3) is 0.167. The van der Waals surface area contributed by atoms with Crippen molar-refractivity contribution in [3.63, 3.8) is 0 Å². The molecule has 0 aliphatic rings. The van der Waals surface area contributed by atoms with Crippen molar-refractivity contribution in [1.82, 2.24) is 25.0 Å². The van der Waals surface area contributed by atoms with Gasteiger partial charge in [0, 0.05) is 7.05 Å². The van der Waals surface area contributed by atoms with Crippen molar-refractivity contribution in [2.45, 2.75) is 0 Å². The molecule has 0 aliphatic heterocycles. The Balaban J connectivity index is 2.14. The fourth-order valence-electron chi connectivity index (χ4n) is 0.891. The van der Waals surface area contributed by atoms with Crippen molar-refractivity contribution < 1.29 is 4.79 Å². The Bertz CT molecular complexity index is 489. The molecule has 8 nitrogen and oxygen atoms in total. The number of anilines is 2. The van der Waals surface area contributed by atoms with E-state index in [1.807, 2.05) is 0 Å². The second-order valence-corrected chi connectivity index (χ2v) is 3.62. The third-order valence-electron chi connectivity index (χ3n) is 1.57. The Morgan fingerprint density at radius 1 is 1.60 bits per heavy atom. The maximum atomic E-state index is 11.5. The topological polar surface area (TPSA) is 112 Å². The molecule has 0 saturated heterocycles. The molecule has 1 amide bonds. The summed E-state index contributed by atoms with van der Waals surface area (Å²) in [6.45, 7) is 0. The molecule has 0 fully saturated rings. The first-order valence-corrected chi connectivity index (χ1v) is 4.73. The highest BCUT2D eigenvalue weighted by Gasteiger charge is 2.13. The van der Waals surface area contributed by atoms with E-state index in [9.17, 15) is 4.79 Å². The van der Waals surface area contributed by atoms with E-state index >= 15 is 0 Å². The lowest BCUT2D eigenvalue weighted by Crippen LogP contribution is -2.15. The van der Waals surface area contributed by atoms with Gasteiger partial charge in [0.2, 0.25) is 16.1 Å². The molecule has 0 radical (unpaired) electrons. The molecule has 0 bridgehead atoms. The molecule has 2 aromatic heterocycles. The predicted molar refractivity (Wildman–Crippen MR) is 53.3 cm³/mol. The predicted octanol–water partition coefficient (Wildman–Crippen LogP) is -0.499. The van der Waals surface area contributed by atoms with Gasteiger partial charge in [0.1, 0.15) is 6.33 Å². The summed E-state index contributed by atoms with van der Waals surface area (Å²) in [4.78, 5) is 15.4. The van der Waals surface area contributed by atoms with Crippen LogP contribution in [0, 0.1) is 0 Å². The molecular weight excluding hydrogens is 218 g/mol. The number of amides is 1. The highest BCUT2D eigenvalue weighted by molar-refractivity contribution is 7.16. The Hall–Kier alpha value is -2.03. The Labute approximate surface area is 88.1 Å². The number of carbonyl (C=O) groups excluding carboxylic acids is 1. The van der Waals surface area contributed by atoms with Crippen LogP contribution in [0.1, 0.15) is 9.80 Å². The van der Waals surface area contributed by atoms with Crippen LogP contribution < -0.4 is 11.1 Å². The van der Waals surface area contributed by atoms with Gasteiger partial charge in [-0.25, -0.2) is 4.68 Å². The smallest absolute Gasteiger partial charge is 0.289 e. The number of rotatable bonds is 2. The van der Waals surface area contributed by atoms with Crippen LogP contribution in [0.3, 0.4) is 0 Å². The Morgan fingerprint density at radius 3 is 2.93 bits per heavy atom. The summed E-state index contributed by atoms with van der Waals surface area (Å²) in [5.41, 5.74) is 5.35. The van der Waals surface area contributed by atoms with Crippen molar-refractivity contribution >= 4 is 28.3 Å². The lowest BCUT2D eigenvalue weighted by atomic mass is 10.6. The molecule has 2 heterocycles. The van der Waals surface area contributed by atoms with Crippen LogP contribution in [0.2, 0.25) is 0 Å². The number of nitrogens with zero attached hydrogens (tertiary/aromatic N) is 5. The molecule has 2 aromatic rings. The minimum absolute atomic E-state index is 0.190. The molecule has 0 atom stereocenters. The van der Waals surface area contributed by atoms with Crippen molar-refractivity contribution in [3.8, 4) is 0 Å². The van der Waals surface area contributed by atoms with E-state index < -0.39 is 5.91 Å². The maximum absolute atomic E-state index is 11.5. The van der Waals surface area contributed by atoms with Crippen molar-refractivity contribution in [2.24, 2.45) is 7.05 Å². The van der Waals surface area contributed by atoms with Crippen LogP contribution in [-0.4, -0.2) is 30.9 Å². The first kappa shape index (κ1) is 9.52. The standard InChI is InChI=1S/C6H7N7OS/c1-13-6(8-2-9-13)10-3(14)4-11-12-5(7)15-4/h2H,1H3,(H2,7,12)(H,8,9,10,14). The SMILES string of the molecule is Cn1ncnc1NC(=O)c1nnc(N)s1. The zero-order chi connectivity index (χ0) is 10.8. The van der Waals surface area contributed by atoms with Gasteiger partial charge in [-0.3, -0.25) is 10.1 Å². The van der Waals surface area contributed by atoms with Crippen LogP contribution in [0.15, 0.2) is 6.33 Å². The Morgan fingerprint density at radius 2 is 2.40 bits per heavy atom. The summed E-state index contributed by atoms with van der Waals surface area (Å²) in [6.07, 6.45) is 1.34. The lowest BCUT2D eigenvalue weighted by Gasteiger charge is -1.99. The molecule has 9 heteroatoms. The number of hydrogen-bond donors (Lipinski definition) is 2. The molecule has 15 heavy (non-hydrogen) atoms. The van der Waals surface area contributed by atoms with Gasteiger partial charge in [0.05, 0.1) is 0 Å². The molecule has 3 N–H and O–H groups in total. The number of aryl methyl sites for hydroxylation is 1. The molecule has 0 aromatic carbocycles. The van der Waals surface area contributed by atoms with Crippen molar-refractivity contribution in [2.75, 3.05) is 11.1 Å². The molecule has 0 saturated carbocycles. The van der Waals surface area contributed by atoms with Gasteiger partial charge >= 0.3 is 0 Å². The fourth-order valence-corrected chi connectivity index (χ4v) is 1.40. The van der Waals surface area contributed by atoms with E-state index in [1.165, 1.54) is 11.0 Å². The third-order valence-corrected chi connectivity index (χ3v) is 2.32. The normalized spacial score (nSPS) is 10.2. The third kappa shape index (κ3) is 1.91. The average Bonchev–Trinajstić information content (AvgIpc) is 2.77. The van der Waals surface area contributed by atoms with Gasteiger partial charge in [-0.2, -0.15) is 10.1 Å². The number of carbonyl (C=O) groups is 1. The number of hydrogen-bond acceptors (Lipinski definition) is 7. The first-order valence-electron chi connectivity index (χ1n) is 3.91. The van der Waals surface area contributed by atoms with Crippen LogP contribution in [-0.2, 0) is 7.05 Å². The van der Waals surface area contributed by atoms with Gasteiger partial charge in [0.25, 0.3) is 5.91 Å². The quantitative estimate of drug-likeness (QED) is 0.712. The van der Waals surface area contributed by atoms with E-state index in [2.05, 4.69) is 25.6 Å². The molecule has 0 aliphatic carbocycles. The summed E-state index contributed by atoms with van der Waals surface area (Å²) < 4.78 is 1.43. The average molecular weight is 225 g/mol. The highest BCUT2D eigenvalue weighted by atomic mass is 32.1. The number of nitrogens with one attached hydrogen (secondary N) is 1. The van der Waals surface area contributed by atoms with Gasteiger partial charge < -0.3 is 5.73 Å². The monoisotopic (exact) mass is 225 g/mol. The lowest BCUT2D eigenvalue weighted by molar-refractivity contribution is 0.102. The second-order valence-electron chi connectivity index (χ2n) is 2.61. The van der Waals surface area contributed by atoms with Crippen LogP contribution >= 0.6 is 11.3 Å². The van der Waals surface area contributed by atoms with E-state index in [-0.39, 0.29) is 10.1 Å². The number of aromatic nitrogens is 5. The van der Waals surface area contributed by atoms with Gasteiger partial charge in [-0.15, -0.1) is 10.2 Å². The van der Waals surface area contributed by atoms with Crippen molar-refractivity contribution in [1.29, 1.82) is 0 Å². The zero-order valence-electron chi connectivity index (χ0n) is 7.71. The summed E-state index contributed by atoms with van der Waals surface area (Å²) in [6, 6.07) is 0. The summed E-state index contributed by atoms with van der Waals surface area (Å²) in [5, 5.41) is 13.9. The summed E-state index contributed by atoms with van der Waals surface area (Å²) in [7, 11) is 1.66. The number of nitrogen functional groups attached to an aromatic ring is 1. The Kier molecular flexibility index (Phi) is 2.29. The molecule has 78 valence electrons. The van der Waals surface area contributed by atoms with Crippen LogP contribution in [0.4, 0.5) is 11.1 Å². The van der Waals surface area contributed by atoms with Gasteiger partial charge in [-0.1, -0.05) is 11.3 Å². The molecule has 0 unspecified atom stereocenters. The zero-order valence-corrected chi connectivity index (χ0v) is 8.52. The largest absolute Gasteiger partial charge is 0.374 e. The highest BCUT2D eigenvalue weighted by Crippen LogP contribution is 2.12. The maximum Gasteiger partial charge on any atom is 0.289 e. The molecule has 2 rings (SSSR count). The summed E-state index contributed by atoms with van der Waals surface area (Å²) in [5.74, 6) is -0.0610. The van der Waals surface area contributed by atoms with E-state index in [0.29, 0.717) is 5.95 Å². The minimum Gasteiger partial charge on any atom is -0.374 e. The first-order chi connectivity index (χ1) is 7.16. The van der Waals surface area contributed by atoms with E-state index in [4.69, 9.17) is 5.73 Å². The van der Waals surface area contributed by atoms with Gasteiger partial charge in [0.15, 0.2) is 0 Å². The minimum atomic E-state index is -0.402. The van der Waals surface area contributed by atoms with Crippen LogP contribution in [0.5, 0.6) is 0 Å². The molecule has 0 spiro atoms. The van der Waals surface area contributed by atoms with Crippen LogP contribution in [0.25, 0.3) is 0 Å². The van der Waals surface area contributed by atoms with Gasteiger partial charge in [-0.05, 0) is 0 Å². The molecular formula is C6H7N7OS. The van der Waals surface area contributed by atoms with Crippen molar-refractivity contribution in [3.05, 3.63) is 11.3 Å². The summed E-state index contributed by atoms with van der Waals surface area (Å²) >= 11 is 1.01. The number of nitrogens with two attached hydrogens (primary N) is 1. The van der Waals surface area contributed by atoms with E-state index in [1.54, 1.807) is 7.05 Å².